The molecule has 4 rings (SSSR count). The quantitative estimate of drug-likeness (QED) is 0.914. The fraction of sp³-hybridized carbons (Fsp3) is 0.167. The molecule has 0 amide bonds. The molecular formula is C18H14N2O4. The second-order valence-corrected chi connectivity index (χ2v) is 5.44. The molecule has 0 unspecified atom stereocenters. The number of allylic oxidation sites excluding steroid dienone is 1. The molecule has 2 aliphatic rings. The van der Waals surface area contributed by atoms with Gasteiger partial charge in [0.2, 0.25) is 12.7 Å². The summed E-state index contributed by atoms with van der Waals surface area (Å²) in [6.07, 6.45) is 0. The van der Waals surface area contributed by atoms with Crippen molar-refractivity contribution in [3.05, 3.63) is 59.0 Å². The van der Waals surface area contributed by atoms with Crippen LogP contribution in [0.2, 0.25) is 0 Å². The highest BCUT2D eigenvalue weighted by Crippen LogP contribution is 2.47. The number of rotatable bonds is 2. The molecule has 0 aliphatic carbocycles. The Bertz CT molecular complexity index is 881. The average Bonchev–Trinajstić information content (AvgIpc) is 3.06. The molecule has 0 saturated heterocycles. The van der Waals surface area contributed by atoms with Crippen LogP contribution in [0.4, 0.5) is 0 Å². The van der Waals surface area contributed by atoms with Crippen LogP contribution in [0, 0.1) is 11.3 Å². The van der Waals surface area contributed by atoms with E-state index in [9.17, 15) is 5.26 Å². The molecule has 0 radical (unpaired) electrons. The van der Waals surface area contributed by atoms with E-state index in [0.717, 1.165) is 16.9 Å². The molecule has 0 spiro atoms. The van der Waals surface area contributed by atoms with Gasteiger partial charge >= 0.3 is 0 Å². The Kier molecular flexibility index (Phi) is 3.21. The molecule has 2 aromatic rings. The predicted molar refractivity (Wildman–Crippen MR) is 84.9 cm³/mol. The Morgan fingerprint density at radius 3 is 2.50 bits per heavy atom. The maximum Gasteiger partial charge on any atom is 0.231 e. The minimum atomic E-state index is -0.334. The lowest BCUT2D eigenvalue weighted by molar-refractivity contribution is 0.174. The standard InChI is InChI=1S/C18H14N2O4/c1-21-11-4-2-10(3-5-11)17-12-6-15-16(23-9-22-15)7-14(12)24-18(20)13(17)8-19/h2-7,17H,9,20H2,1H3/t17-/m1/s1. The van der Waals surface area contributed by atoms with Crippen LogP contribution in [-0.2, 0) is 0 Å². The summed E-state index contributed by atoms with van der Waals surface area (Å²) in [4.78, 5) is 0. The first-order chi connectivity index (χ1) is 11.7. The molecule has 2 aliphatic heterocycles. The molecule has 6 nitrogen and oxygen atoms in total. The van der Waals surface area contributed by atoms with Crippen molar-refractivity contribution in [1.29, 1.82) is 5.26 Å². The number of hydrogen-bond acceptors (Lipinski definition) is 6. The third kappa shape index (κ3) is 2.10. The number of fused-ring (bicyclic) bond motifs is 2. The van der Waals surface area contributed by atoms with Gasteiger partial charge in [0.1, 0.15) is 23.1 Å². The second kappa shape index (κ2) is 5.39. The minimum Gasteiger partial charge on any atom is -0.497 e. The summed E-state index contributed by atoms with van der Waals surface area (Å²) in [6, 6.07) is 13.3. The van der Waals surface area contributed by atoms with Gasteiger partial charge in [-0.1, -0.05) is 12.1 Å². The van der Waals surface area contributed by atoms with Gasteiger partial charge in [0, 0.05) is 11.6 Å². The van der Waals surface area contributed by atoms with Crippen molar-refractivity contribution < 1.29 is 18.9 Å². The monoisotopic (exact) mass is 322 g/mol. The van der Waals surface area contributed by atoms with Crippen LogP contribution >= 0.6 is 0 Å². The number of benzene rings is 2. The van der Waals surface area contributed by atoms with Crippen molar-refractivity contribution >= 4 is 0 Å². The maximum atomic E-state index is 9.56. The second-order valence-electron chi connectivity index (χ2n) is 5.44. The number of nitrogens with two attached hydrogens (primary N) is 1. The summed E-state index contributed by atoms with van der Waals surface area (Å²) < 4.78 is 21.7. The maximum absolute atomic E-state index is 9.56. The highest BCUT2D eigenvalue weighted by molar-refractivity contribution is 5.61. The zero-order chi connectivity index (χ0) is 16.7. The lowest BCUT2D eigenvalue weighted by Crippen LogP contribution is -2.21. The van der Waals surface area contributed by atoms with Crippen molar-refractivity contribution in [2.24, 2.45) is 5.73 Å². The number of methoxy groups -OCH3 is 1. The Morgan fingerprint density at radius 2 is 1.83 bits per heavy atom. The topological polar surface area (TPSA) is 86.7 Å². The fourth-order valence-electron chi connectivity index (χ4n) is 2.99. The normalized spacial score (nSPS) is 17.8. The first-order valence-electron chi connectivity index (χ1n) is 7.36. The molecule has 1 atom stereocenters. The highest BCUT2D eigenvalue weighted by Gasteiger charge is 2.33. The van der Waals surface area contributed by atoms with E-state index in [1.54, 1.807) is 13.2 Å². The molecule has 0 saturated carbocycles. The highest BCUT2D eigenvalue weighted by atomic mass is 16.7. The number of nitrogens with zero attached hydrogens (tertiary/aromatic N) is 1. The third-order valence-electron chi connectivity index (χ3n) is 4.16. The molecule has 120 valence electrons. The van der Waals surface area contributed by atoms with Gasteiger partial charge in [-0.2, -0.15) is 5.26 Å². The lowest BCUT2D eigenvalue weighted by atomic mass is 9.83. The van der Waals surface area contributed by atoms with Crippen LogP contribution in [0.5, 0.6) is 23.0 Å². The van der Waals surface area contributed by atoms with E-state index < -0.39 is 0 Å². The molecular weight excluding hydrogens is 308 g/mol. The average molecular weight is 322 g/mol. The Balaban J connectivity index is 1.88. The van der Waals surface area contributed by atoms with Crippen LogP contribution in [0.25, 0.3) is 0 Å². The molecule has 2 heterocycles. The molecule has 24 heavy (non-hydrogen) atoms. The third-order valence-corrected chi connectivity index (χ3v) is 4.16. The van der Waals surface area contributed by atoms with Crippen LogP contribution in [0.1, 0.15) is 17.0 Å². The van der Waals surface area contributed by atoms with E-state index in [-0.39, 0.29) is 18.6 Å². The summed E-state index contributed by atoms with van der Waals surface area (Å²) >= 11 is 0. The van der Waals surface area contributed by atoms with E-state index in [2.05, 4.69) is 6.07 Å². The van der Waals surface area contributed by atoms with Gasteiger partial charge in [-0.15, -0.1) is 0 Å². The van der Waals surface area contributed by atoms with Crippen molar-refractivity contribution in [1.82, 2.24) is 0 Å². The number of nitriles is 1. The zero-order valence-corrected chi connectivity index (χ0v) is 12.9. The molecule has 6 heteroatoms. The largest absolute Gasteiger partial charge is 0.497 e. The van der Waals surface area contributed by atoms with E-state index in [1.807, 2.05) is 30.3 Å². The Morgan fingerprint density at radius 1 is 1.12 bits per heavy atom. The van der Waals surface area contributed by atoms with Crippen molar-refractivity contribution in [2.75, 3.05) is 13.9 Å². The molecule has 2 N–H and O–H groups in total. The molecule has 0 aromatic heterocycles. The number of ether oxygens (including phenoxy) is 4. The van der Waals surface area contributed by atoms with Gasteiger partial charge in [0.25, 0.3) is 0 Å². The van der Waals surface area contributed by atoms with E-state index in [0.29, 0.717) is 22.8 Å². The van der Waals surface area contributed by atoms with Gasteiger partial charge in [0.15, 0.2) is 11.5 Å². The fourth-order valence-corrected chi connectivity index (χ4v) is 2.99. The Hall–Kier alpha value is -3.33. The number of hydrogen-bond donors (Lipinski definition) is 1. The van der Waals surface area contributed by atoms with Gasteiger partial charge < -0.3 is 24.7 Å². The van der Waals surface area contributed by atoms with E-state index >= 15 is 0 Å². The van der Waals surface area contributed by atoms with Crippen LogP contribution in [0.3, 0.4) is 0 Å². The minimum absolute atomic E-state index is 0.102. The molecule has 0 bridgehead atoms. The first kappa shape index (κ1) is 14.3. The zero-order valence-electron chi connectivity index (χ0n) is 12.9. The summed E-state index contributed by atoms with van der Waals surface area (Å²) in [5, 5.41) is 9.56. The lowest BCUT2D eigenvalue weighted by Gasteiger charge is -2.26. The van der Waals surface area contributed by atoms with Crippen molar-refractivity contribution in [3.8, 4) is 29.1 Å². The van der Waals surface area contributed by atoms with Crippen LogP contribution < -0.4 is 24.7 Å². The summed E-state index contributed by atoms with van der Waals surface area (Å²) in [5.41, 5.74) is 8.07. The SMILES string of the molecule is COc1ccc([C@H]2C(C#N)=C(N)Oc3cc4c(cc32)OCO4)cc1. The summed E-state index contributed by atoms with van der Waals surface area (Å²) in [5.74, 6) is 2.32. The van der Waals surface area contributed by atoms with Gasteiger partial charge in [-0.05, 0) is 23.8 Å². The predicted octanol–water partition coefficient (Wildman–Crippen LogP) is 2.64. The van der Waals surface area contributed by atoms with E-state index in [1.165, 1.54) is 0 Å². The van der Waals surface area contributed by atoms with Gasteiger partial charge in [0.05, 0.1) is 13.0 Å². The van der Waals surface area contributed by atoms with Crippen LogP contribution in [0.15, 0.2) is 47.9 Å². The summed E-state index contributed by atoms with van der Waals surface area (Å²) in [6.45, 7) is 0.166. The Labute approximate surface area is 138 Å². The first-order valence-corrected chi connectivity index (χ1v) is 7.36. The van der Waals surface area contributed by atoms with E-state index in [4.69, 9.17) is 24.7 Å². The van der Waals surface area contributed by atoms with Crippen molar-refractivity contribution in [2.45, 2.75) is 5.92 Å². The van der Waals surface area contributed by atoms with Gasteiger partial charge in [-0.25, -0.2) is 0 Å². The van der Waals surface area contributed by atoms with Crippen molar-refractivity contribution in [3.63, 3.8) is 0 Å². The smallest absolute Gasteiger partial charge is 0.231 e. The molecule has 2 aromatic carbocycles. The summed E-state index contributed by atoms with van der Waals surface area (Å²) in [7, 11) is 1.61. The van der Waals surface area contributed by atoms with Crippen LogP contribution in [-0.4, -0.2) is 13.9 Å². The molecule has 0 fully saturated rings. The van der Waals surface area contributed by atoms with Gasteiger partial charge in [-0.3, -0.25) is 0 Å².